The van der Waals surface area contributed by atoms with Gasteiger partial charge in [0.2, 0.25) is 10.0 Å². The van der Waals surface area contributed by atoms with E-state index in [0.717, 1.165) is 48.3 Å². The monoisotopic (exact) mass is 443 g/mol. The summed E-state index contributed by atoms with van der Waals surface area (Å²) in [7, 11) is -1.49. The Bertz CT molecular complexity index is 1060. The van der Waals surface area contributed by atoms with Gasteiger partial charge in [0.15, 0.2) is 0 Å². The molecule has 0 saturated carbocycles. The molecule has 1 N–H and O–H groups in total. The Morgan fingerprint density at radius 2 is 1.71 bits per heavy atom. The minimum Gasteiger partial charge on any atom is -0.379 e. The van der Waals surface area contributed by atoms with Gasteiger partial charge in [-0.15, -0.1) is 0 Å². The summed E-state index contributed by atoms with van der Waals surface area (Å²) >= 11 is 0. The van der Waals surface area contributed by atoms with Crippen LogP contribution in [0.3, 0.4) is 0 Å². The molecule has 0 bridgehead atoms. The molecule has 0 spiro atoms. The lowest BCUT2D eigenvalue weighted by Gasteiger charge is -2.35. The van der Waals surface area contributed by atoms with Gasteiger partial charge in [0.1, 0.15) is 0 Å². The first-order chi connectivity index (χ1) is 14.8. The van der Waals surface area contributed by atoms with Crippen molar-refractivity contribution in [2.24, 2.45) is 0 Å². The first kappa shape index (κ1) is 22.3. The molecule has 1 atom stereocenters. The maximum atomic E-state index is 13.2. The van der Waals surface area contributed by atoms with E-state index in [1.54, 1.807) is 6.07 Å². The molecule has 0 aromatic heterocycles. The zero-order valence-corrected chi connectivity index (χ0v) is 19.8. The van der Waals surface area contributed by atoms with Crippen molar-refractivity contribution in [3.05, 3.63) is 58.1 Å². The summed E-state index contributed by atoms with van der Waals surface area (Å²) in [5, 5.41) is 0. The molecule has 2 heterocycles. The van der Waals surface area contributed by atoms with E-state index >= 15 is 0 Å². The molecule has 2 aromatic rings. The Hall–Kier alpha value is -1.93. The van der Waals surface area contributed by atoms with E-state index in [1.165, 1.54) is 11.3 Å². The maximum Gasteiger partial charge on any atom is 0.240 e. The number of anilines is 1. The summed E-state index contributed by atoms with van der Waals surface area (Å²) in [5.74, 6) is 0. The number of hydrogen-bond donors (Lipinski definition) is 1. The van der Waals surface area contributed by atoms with E-state index in [-0.39, 0.29) is 6.04 Å². The second-order valence-corrected chi connectivity index (χ2v) is 10.5. The average Bonchev–Trinajstić information content (AvgIpc) is 3.12. The molecule has 2 aliphatic rings. The molecule has 4 rings (SSSR count). The van der Waals surface area contributed by atoms with Gasteiger partial charge in [-0.25, -0.2) is 13.1 Å². The molecule has 7 heteroatoms. The lowest BCUT2D eigenvalue weighted by Crippen LogP contribution is -2.43. The van der Waals surface area contributed by atoms with Gasteiger partial charge in [0.25, 0.3) is 0 Å². The Morgan fingerprint density at radius 1 is 1.00 bits per heavy atom. The summed E-state index contributed by atoms with van der Waals surface area (Å²) in [6.07, 6.45) is 1.03. The van der Waals surface area contributed by atoms with Crippen LogP contribution in [0, 0.1) is 20.8 Å². The van der Waals surface area contributed by atoms with Crippen LogP contribution in [0.1, 0.15) is 33.9 Å². The molecule has 31 heavy (non-hydrogen) atoms. The molecule has 0 radical (unpaired) electrons. The van der Waals surface area contributed by atoms with Gasteiger partial charge in [0.05, 0.1) is 18.1 Å². The van der Waals surface area contributed by atoms with Crippen LogP contribution >= 0.6 is 0 Å². The highest BCUT2D eigenvalue weighted by molar-refractivity contribution is 7.89. The first-order valence-electron chi connectivity index (χ1n) is 11.0. The summed E-state index contributed by atoms with van der Waals surface area (Å²) in [6, 6.07) is 10.3. The van der Waals surface area contributed by atoms with Crippen LogP contribution in [-0.4, -0.2) is 59.8 Å². The largest absolute Gasteiger partial charge is 0.379 e. The van der Waals surface area contributed by atoms with Crippen LogP contribution in [0.25, 0.3) is 0 Å². The van der Waals surface area contributed by atoms with Crippen LogP contribution in [0.5, 0.6) is 0 Å². The van der Waals surface area contributed by atoms with Crippen molar-refractivity contribution in [2.45, 2.75) is 38.1 Å². The molecule has 1 fully saturated rings. The minimum atomic E-state index is -3.61. The van der Waals surface area contributed by atoms with Crippen molar-refractivity contribution in [1.82, 2.24) is 9.62 Å². The Kier molecular flexibility index (Phi) is 6.40. The molecule has 168 valence electrons. The van der Waals surface area contributed by atoms with Crippen molar-refractivity contribution >= 4 is 15.7 Å². The Balaban J connectivity index is 1.60. The molecule has 2 aliphatic heterocycles. The fourth-order valence-corrected chi connectivity index (χ4v) is 5.98. The molecular weight excluding hydrogens is 410 g/mol. The highest BCUT2D eigenvalue weighted by Crippen LogP contribution is 2.31. The van der Waals surface area contributed by atoms with E-state index in [4.69, 9.17) is 4.74 Å². The molecule has 2 aromatic carbocycles. The van der Waals surface area contributed by atoms with Crippen molar-refractivity contribution in [2.75, 3.05) is 51.3 Å². The topological polar surface area (TPSA) is 61.9 Å². The van der Waals surface area contributed by atoms with Gasteiger partial charge < -0.3 is 9.64 Å². The maximum absolute atomic E-state index is 13.2. The number of fused-ring (bicyclic) bond motifs is 1. The second-order valence-electron chi connectivity index (χ2n) is 8.78. The summed E-state index contributed by atoms with van der Waals surface area (Å²) in [5.41, 5.74) is 6.64. The van der Waals surface area contributed by atoms with Crippen molar-refractivity contribution in [3.63, 3.8) is 0 Å². The summed E-state index contributed by atoms with van der Waals surface area (Å²) < 4.78 is 34.9. The highest BCUT2D eigenvalue weighted by atomic mass is 32.2. The fourth-order valence-electron chi connectivity index (χ4n) is 4.63. The molecule has 0 amide bonds. The predicted octanol–water partition coefficient (Wildman–Crippen LogP) is 2.96. The number of nitrogens with one attached hydrogen (secondary N) is 1. The minimum absolute atomic E-state index is 0.0262. The van der Waals surface area contributed by atoms with E-state index < -0.39 is 10.0 Å². The summed E-state index contributed by atoms with van der Waals surface area (Å²) in [6.45, 7) is 10.1. The van der Waals surface area contributed by atoms with E-state index in [9.17, 15) is 8.42 Å². The van der Waals surface area contributed by atoms with Crippen LogP contribution < -0.4 is 9.62 Å². The van der Waals surface area contributed by atoms with Crippen LogP contribution in [0.4, 0.5) is 5.69 Å². The number of sulfonamides is 1. The van der Waals surface area contributed by atoms with Gasteiger partial charge >= 0.3 is 0 Å². The van der Waals surface area contributed by atoms with E-state index in [1.807, 2.05) is 26.8 Å². The van der Waals surface area contributed by atoms with Crippen LogP contribution in [0.15, 0.2) is 35.2 Å². The molecule has 0 unspecified atom stereocenters. The van der Waals surface area contributed by atoms with E-state index in [0.29, 0.717) is 24.7 Å². The third-order valence-corrected chi connectivity index (χ3v) is 8.22. The Morgan fingerprint density at radius 3 is 2.45 bits per heavy atom. The van der Waals surface area contributed by atoms with Gasteiger partial charge in [-0.3, -0.25) is 4.90 Å². The van der Waals surface area contributed by atoms with Gasteiger partial charge in [-0.05, 0) is 67.1 Å². The number of likely N-dealkylation sites (N-methyl/N-ethyl adjacent to an activating group) is 1. The zero-order valence-electron chi connectivity index (χ0n) is 18.9. The SMILES string of the molecule is Cc1cc(C)c(S(=O)(=O)NC[C@@H](c2ccc3c(c2)CCN3C)N2CCOCC2)cc1C. The van der Waals surface area contributed by atoms with E-state index in [2.05, 4.69) is 39.8 Å². The fraction of sp³-hybridized carbons (Fsp3) is 0.500. The second kappa shape index (κ2) is 8.90. The Labute approximate surface area is 186 Å². The predicted molar refractivity (Wildman–Crippen MR) is 124 cm³/mol. The van der Waals surface area contributed by atoms with Gasteiger partial charge in [-0.2, -0.15) is 0 Å². The van der Waals surface area contributed by atoms with Crippen molar-refractivity contribution in [3.8, 4) is 0 Å². The van der Waals surface area contributed by atoms with Crippen molar-refractivity contribution in [1.29, 1.82) is 0 Å². The highest BCUT2D eigenvalue weighted by Gasteiger charge is 2.27. The number of ether oxygens (including phenoxy) is 1. The number of nitrogens with zero attached hydrogens (tertiary/aromatic N) is 2. The quantitative estimate of drug-likeness (QED) is 0.744. The normalized spacial score (nSPS) is 18.3. The summed E-state index contributed by atoms with van der Waals surface area (Å²) in [4.78, 5) is 4.97. The molecule has 6 nitrogen and oxygen atoms in total. The number of aryl methyl sites for hydroxylation is 3. The zero-order chi connectivity index (χ0) is 22.2. The van der Waals surface area contributed by atoms with Crippen LogP contribution in [-0.2, 0) is 21.2 Å². The first-order valence-corrected chi connectivity index (χ1v) is 12.5. The third kappa shape index (κ3) is 4.65. The molecule has 1 saturated heterocycles. The number of benzene rings is 2. The van der Waals surface area contributed by atoms with Gasteiger partial charge in [0, 0.05) is 45.0 Å². The third-order valence-electron chi connectivity index (χ3n) is 6.65. The standard InChI is InChI=1S/C24H33N3O3S/c1-17-13-19(3)24(14-18(17)2)31(28,29)25-16-23(27-9-11-30-12-10-27)20-5-6-22-21(15-20)7-8-26(22)4/h5-6,13-15,23,25H,7-12,16H2,1-4H3/t23-/m0/s1. The number of rotatable bonds is 6. The lowest BCUT2D eigenvalue weighted by molar-refractivity contribution is 0.0172. The van der Waals surface area contributed by atoms with Crippen molar-refractivity contribution < 1.29 is 13.2 Å². The smallest absolute Gasteiger partial charge is 0.240 e. The van der Waals surface area contributed by atoms with Gasteiger partial charge in [-0.1, -0.05) is 18.2 Å². The average molecular weight is 444 g/mol. The molecular formula is C24H33N3O3S. The number of morpholine rings is 1. The van der Waals surface area contributed by atoms with Crippen LogP contribution in [0.2, 0.25) is 0 Å². The number of hydrogen-bond acceptors (Lipinski definition) is 5. The lowest BCUT2D eigenvalue weighted by atomic mass is 10.0. The molecule has 0 aliphatic carbocycles.